The van der Waals surface area contributed by atoms with E-state index in [4.69, 9.17) is 5.11 Å². The number of hydrogen-bond acceptors (Lipinski definition) is 5. The summed E-state index contributed by atoms with van der Waals surface area (Å²) in [6.45, 7) is 0. The maximum atomic E-state index is 11.0. The molecule has 0 aliphatic heterocycles. The number of esters is 1. The predicted molar refractivity (Wildman–Crippen MR) is 44.8 cm³/mol. The van der Waals surface area contributed by atoms with Gasteiger partial charge in [0.05, 0.1) is 24.7 Å². The second-order valence-electron chi connectivity index (χ2n) is 2.19. The zero-order chi connectivity index (χ0) is 9.84. The molecule has 1 aromatic rings. The Kier molecular flexibility index (Phi) is 2.97. The van der Waals surface area contributed by atoms with Gasteiger partial charge in [-0.2, -0.15) is 0 Å². The first kappa shape index (κ1) is 9.66. The molecule has 1 N–H and O–H groups in total. The number of rotatable bonds is 3. The molecule has 0 unspecified atom stereocenters. The van der Waals surface area contributed by atoms with Gasteiger partial charge >= 0.3 is 11.9 Å². The molecule has 1 heterocycles. The van der Waals surface area contributed by atoms with Crippen LogP contribution >= 0.6 is 11.3 Å². The lowest BCUT2D eigenvalue weighted by molar-refractivity contribution is -0.136. The summed E-state index contributed by atoms with van der Waals surface area (Å²) in [5, 5.41) is 8.48. The number of methoxy groups -OCH3 is 1. The fourth-order valence-electron chi connectivity index (χ4n) is 0.797. The van der Waals surface area contributed by atoms with Crippen LogP contribution in [0.2, 0.25) is 0 Å². The quantitative estimate of drug-likeness (QED) is 0.723. The Morgan fingerprint density at radius 3 is 2.92 bits per heavy atom. The zero-order valence-corrected chi connectivity index (χ0v) is 7.63. The Labute approximate surface area is 78.0 Å². The lowest BCUT2D eigenvalue weighted by Gasteiger charge is -1.96. The molecule has 0 aromatic carbocycles. The number of thiazole rings is 1. The number of nitrogens with zero attached hydrogens (tertiary/aromatic N) is 1. The van der Waals surface area contributed by atoms with E-state index in [1.165, 1.54) is 12.6 Å². The first-order valence-corrected chi connectivity index (χ1v) is 4.25. The minimum atomic E-state index is -1.02. The van der Waals surface area contributed by atoms with Crippen LogP contribution in [0, 0.1) is 0 Å². The normalized spacial score (nSPS) is 9.62. The molecule has 0 saturated carbocycles. The SMILES string of the molecule is COC(=O)c1scnc1CC(=O)O. The first-order chi connectivity index (χ1) is 6.15. The highest BCUT2D eigenvalue weighted by atomic mass is 32.1. The third-order valence-corrected chi connectivity index (χ3v) is 2.18. The van der Waals surface area contributed by atoms with Crippen molar-refractivity contribution in [1.82, 2.24) is 4.98 Å². The largest absolute Gasteiger partial charge is 0.481 e. The minimum absolute atomic E-state index is 0.254. The fraction of sp³-hybridized carbons (Fsp3) is 0.286. The van der Waals surface area contributed by atoms with Crippen LogP contribution in [0.1, 0.15) is 15.4 Å². The molecule has 0 saturated heterocycles. The zero-order valence-electron chi connectivity index (χ0n) is 6.81. The van der Waals surface area contributed by atoms with E-state index >= 15 is 0 Å². The lowest BCUT2D eigenvalue weighted by Crippen LogP contribution is -2.07. The van der Waals surface area contributed by atoms with Gasteiger partial charge in [-0.1, -0.05) is 0 Å². The molecule has 13 heavy (non-hydrogen) atoms. The molecule has 0 bridgehead atoms. The number of hydrogen-bond donors (Lipinski definition) is 1. The Balaban J connectivity index is 2.89. The molecular formula is C7H7NO4S. The third-order valence-electron chi connectivity index (χ3n) is 1.33. The molecule has 0 amide bonds. The lowest BCUT2D eigenvalue weighted by atomic mass is 10.3. The van der Waals surface area contributed by atoms with E-state index in [-0.39, 0.29) is 17.0 Å². The van der Waals surface area contributed by atoms with Crippen LogP contribution in [0.15, 0.2) is 5.51 Å². The van der Waals surface area contributed by atoms with Crippen molar-refractivity contribution in [2.45, 2.75) is 6.42 Å². The number of ether oxygens (including phenoxy) is 1. The summed E-state index contributed by atoms with van der Waals surface area (Å²) in [7, 11) is 1.24. The van der Waals surface area contributed by atoms with Gasteiger partial charge in [0.1, 0.15) is 4.88 Å². The van der Waals surface area contributed by atoms with Gasteiger partial charge in [0, 0.05) is 0 Å². The van der Waals surface area contributed by atoms with Crippen molar-refractivity contribution in [1.29, 1.82) is 0 Å². The van der Waals surface area contributed by atoms with Crippen LogP contribution in [-0.4, -0.2) is 29.1 Å². The summed E-state index contributed by atoms with van der Waals surface area (Å²) in [6.07, 6.45) is -0.256. The molecule has 0 fully saturated rings. The van der Waals surface area contributed by atoms with E-state index in [0.29, 0.717) is 0 Å². The Morgan fingerprint density at radius 2 is 2.38 bits per heavy atom. The van der Waals surface area contributed by atoms with Crippen molar-refractivity contribution in [3.05, 3.63) is 16.1 Å². The fourth-order valence-corrected chi connectivity index (χ4v) is 1.52. The average molecular weight is 201 g/mol. The standard InChI is InChI=1S/C7H7NO4S/c1-12-7(11)6-4(2-5(9)10)8-3-13-6/h3H,2H2,1H3,(H,9,10). The number of carboxylic acids is 1. The topological polar surface area (TPSA) is 76.5 Å². The molecule has 0 radical (unpaired) electrons. The van der Waals surface area contributed by atoms with E-state index in [0.717, 1.165) is 11.3 Å². The molecule has 0 spiro atoms. The van der Waals surface area contributed by atoms with Gasteiger partial charge in [-0.25, -0.2) is 9.78 Å². The second-order valence-corrected chi connectivity index (χ2v) is 3.05. The monoisotopic (exact) mass is 201 g/mol. The molecule has 6 heteroatoms. The molecule has 0 aliphatic carbocycles. The summed E-state index contributed by atoms with van der Waals surface area (Å²) in [4.78, 5) is 25.4. The number of aromatic nitrogens is 1. The van der Waals surface area contributed by atoms with Crippen LogP contribution < -0.4 is 0 Å². The summed E-state index contributed by atoms with van der Waals surface area (Å²) in [5.74, 6) is -1.56. The van der Waals surface area contributed by atoms with Gasteiger partial charge in [0.15, 0.2) is 0 Å². The Bertz CT molecular complexity index is 333. The van der Waals surface area contributed by atoms with E-state index in [1.807, 2.05) is 0 Å². The van der Waals surface area contributed by atoms with Gasteiger partial charge in [-0.05, 0) is 0 Å². The number of carbonyl (C=O) groups is 2. The molecule has 70 valence electrons. The average Bonchev–Trinajstić information content (AvgIpc) is 2.50. The van der Waals surface area contributed by atoms with Gasteiger partial charge in [0.2, 0.25) is 0 Å². The molecule has 5 nitrogen and oxygen atoms in total. The second kappa shape index (κ2) is 3.99. The number of carbonyl (C=O) groups excluding carboxylic acids is 1. The first-order valence-electron chi connectivity index (χ1n) is 3.37. The van der Waals surface area contributed by atoms with Crippen molar-refractivity contribution >= 4 is 23.3 Å². The van der Waals surface area contributed by atoms with Crippen LogP contribution in [0.5, 0.6) is 0 Å². The molecular weight excluding hydrogens is 194 g/mol. The minimum Gasteiger partial charge on any atom is -0.481 e. The van der Waals surface area contributed by atoms with E-state index in [1.54, 1.807) is 0 Å². The van der Waals surface area contributed by atoms with Crippen molar-refractivity contribution in [2.75, 3.05) is 7.11 Å². The summed E-state index contributed by atoms with van der Waals surface area (Å²) < 4.78 is 4.46. The van der Waals surface area contributed by atoms with Crippen LogP contribution in [-0.2, 0) is 16.0 Å². The van der Waals surface area contributed by atoms with E-state index in [2.05, 4.69) is 9.72 Å². The van der Waals surface area contributed by atoms with E-state index < -0.39 is 11.9 Å². The van der Waals surface area contributed by atoms with Crippen LogP contribution in [0.3, 0.4) is 0 Å². The third kappa shape index (κ3) is 2.25. The molecule has 1 rings (SSSR count). The van der Waals surface area contributed by atoms with Gasteiger partial charge in [0.25, 0.3) is 0 Å². The van der Waals surface area contributed by atoms with Crippen LogP contribution in [0.4, 0.5) is 0 Å². The Morgan fingerprint density at radius 1 is 1.69 bits per heavy atom. The molecule has 0 aliphatic rings. The maximum absolute atomic E-state index is 11.0. The van der Waals surface area contributed by atoms with Crippen molar-refractivity contribution < 1.29 is 19.4 Å². The van der Waals surface area contributed by atoms with E-state index in [9.17, 15) is 9.59 Å². The van der Waals surface area contributed by atoms with Gasteiger partial charge < -0.3 is 9.84 Å². The molecule has 0 atom stereocenters. The number of carboxylic acid groups (broad SMARTS) is 1. The Hall–Kier alpha value is -1.43. The number of aliphatic carboxylic acids is 1. The van der Waals surface area contributed by atoms with Gasteiger partial charge in [-0.3, -0.25) is 4.79 Å². The highest BCUT2D eigenvalue weighted by molar-refractivity contribution is 7.11. The van der Waals surface area contributed by atoms with Crippen molar-refractivity contribution in [2.24, 2.45) is 0 Å². The highest BCUT2D eigenvalue weighted by Gasteiger charge is 2.16. The maximum Gasteiger partial charge on any atom is 0.349 e. The predicted octanol–water partition coefficient (Wildman–Crippen LogP) is 0.557. The summed E-state index contributed by atoms with van der Waals surface area (Å²) >= 11 is 1.08. The van der Waals surface area contributed by atoms with Crippen LogP contribution in [0.25, 0.3) is 0 Å². The smallest absolute Gasteiger partial charge is 0.349 e. The van der Waals surface area contributed by atoms with Gasteiger partial charge in [-0.15, -0.1) is 11.3 Å². The molecule has 1 aromatic heterocycles. The van der Waals surface area contributed by atoms with Crippen molar-refractivity contribution in [3.8, 4) is 0 Å². The highest BCUT2D eigenvalue weighted by Crippen LogP contribution is 2.14. The summed E-state index contributed by atoms with van der Waals surface area (Å²) in [6, 6.07) is 0. The summed E-state index contributed by atoms with van der Waals surface area (Å²) in [5.41, 5.74) is 1.68. The van der Waals surface area contributed by atoms with Crippen molar-refractivity contribution in [3.63, 3.8) is 0 Å².